The standard InChI is InChI=1S/C17H23Cl2NO/c1-2-3-4-5-6-7-12-20-17(21)11-9-14-8-10-15(18)13-16(14)19/h8-11,13H,2-7,12H2,1H3,(H,20,21)/b11-9+. The van der Waals surface area contributed by atoms with Gasteiger partial charge >= 0.3 is 0 Å². The Morgan fingerprint density at radius 1 is 1.14 bits per heavy atom. The van der Waals surface area contributed by atoms with Crippen LogP contribution in [0.3, 0.4) is 0 Å². The van der Waals surface area contributed by atoms with Gasteiger partial charge in [-0.1, -0.05) is 68.3 Å². The van der Waals surface area contributed by atoms with Crippen LogP contribution in [-0.4, -0.2) is 12.5 Å². The molecule has 116 valence electrons. The predicted molar refractivity (Wildman–Crippen MR) is 91.9 cm³/mol. The highest BCUT2D eigenvalue weighted by Crippen LogP contribution is 2.21. The molecule has 0 aliphatic heterocycles. The predicted octanol–water partition coefficient (Wildman–Crippen LogP) is 5.48. The molecule has 0 aromatic heterocycles. The van der Waals surface area contributed by atoms with Crippen LogP contribution in [0.15, 0.2) is 24.3 Å². The minimum absolute atomic E-state index is 0.0884. The zero-order valence-electron chi connectivity index (χ0n) is 12.5. The van der Waals surface area contributed by atoms with Crippen LogP contribution in [0.25, 0.3) is 6.08 Å². The molecule has 0 saturated heterocycles. The summed E-state index contributed by atoms with van der Waals surface area (Å²) in [4.78, 5) is 11.7. The minimum atomic E-state index is -0.0884. The summed E-state index contributed by atoms with van der Waals surface area (Å²) in [6.45, 7) is 2.93. The number of hydrogen-bond donors (Lipinski definition) is 1. The summed E-state index contributed by atoms with van der Waals surface area (Å²) >= 11 is 11.9. The molecule has 21 heavy (non-hydrogen) atoms. The molecule has 1 N–H and O–H groups in total. The lowest BCUT2D eigenvalue weighted by Crippen LogP contribution is -2.21. The van der Waals surface area contributed by atoms with Crippen molar-refractivity contribution in [2.24, 2.45) is 0 Å². The van der Waals surface area contributed by atoms with Gasteiger partial charge in [-0.15, -0.1) is 0 Å². The van der Waals surface area contributed by atoms with Crippen molar-refractivity contribution in [2.45, 2.75) is 45.4 Å². The molecule has 0 unspecified atom stereocenters. The first-order chi connectivity index (χ1) is 10.1. The van der Waals surface area contributed by atoms with E-state index in [1.165, 1.54) is 38.2 Å². The zero-order valence-corrected chi connectivity index (χ0v) is 14.0. The van der Waals surface area contributed by atoms with Gasteiger partial charge in [-0.05, 0) is 30.2 Å². The van der Waals surface area contributed by atoms with E-state index in [4.69, 9.17) is 23.2 Å². The van der Waals surface area contributed by atoms with Crippen LogP contribution in [0.1, 0.15) is 51.0 Å². The van der Waals surface area contributed by atoms with Gasteiger partial charge in [0.1, 0.15) is 0 Å². The fourth-order valence-corrected chi connectivity index (χ4v) is 2.45. The van der Waals surface area contributed by atoms with Crippen molar-refractivity contribution in [1.29, 1.82) is 0 Å². The van der Waals surface area contributed by atoms with Gasteiger partial charge in [-0.2, -0.15) is 0 Å². The maximum absolute atomic E-state index is 11.7. The summed E-state index contributed by atoms with van der Waals surface area (Å²) < 4.78 is 0. The summed E-state index contributed by atoms with van der Waals surface area (Å²) in [7, 11) is 0. The molecular formula is C17H23Cl2NO. The van der Waals surface area contributed by atoms with Crippen molar-refractivity contribution in [3.05, 3.63) is 39.9 Å². The number of benzene rings is 1. The molecule has 1 rings (SSSR count). The first-order valence-electron chi connectivity index (χ1n) is 7.54. The molecule has 0 saturated carbocycles. The van der Waals surface area contributed by atoms with Crippen LogP contribution in [0.2, 0.25) is 10.0 Å². The summed E-state index contributed by atoms with van der Waals surface area (Å²) in [6.07, 6.45) is 10.5. The van der Waals surface area contributed by atoms with E-state index >= 15 is 0 Å². The Hall–Kier alpha value is -0.990. The SMILES string of the molecule is CCCCCCCCNC(=O)/C=C/c1ccc(Cl)cc1Cl. The smallest absolute Gasteiger partial charge is 0.243 e. The van der Waals surface area contributed by atoms with E-state index in [-0.39, 0.29) is 5.91 Å². The Labute approximate surface area is 137 Å². The fourth-order valence-electron chi connectivity index (χ4n) is 1.98. The van der Waals surface area contributed by atoms with Crippen molar-refractivity contribution < 1.29 is 4.79 Å². The van der Waals surface area contributed by atoms with Crippen LogP contribution >= 0.6 is 23.2 Å². The molecule has 1 amide bonds. The molecule has 0 heterocycles. The topological polar surface area (TPSA) is 29.1 Å². The second-order valence-corrected chi connectivity index (χ2v) is 5.90. The summed E-state index contributed by atoms with van der Waals surface area (Å²) in [6, 6.07) is 5.21. The van der Waals surface area contributed by atoms with Crippen molar-refractivity contribution in [3.8, 4) is 0 Å². The zero-order chi connectivity index (χ0) is 15.5. The number of amides is 1. The van der Waals surface area contributed by atoms with Gasteiger partial charge in [0.15, 0.2) is 0 Å². The molecule has 2 nitrogen and oxygen atoms in total. The van der Waals surface area contributed by atoms with Crippen LogP contribution in [-0.2, 0) is 4.79 Å². The van der Waals surface area contributed by atoms with Gasteiger partial charge in [0.25, 0.3) is 0 Å². The number of halogens is 2. The first-order valence-corrected chi connectivity index (χ1v) is 8.30. The van der Waals surface area contributed by atoms with E-state index in [9.17, 15) is 4.79 Å². The largest absolute Gasteiger partial charge is 0.353 e. The van der Waals surface area contributed by atoms with E-state index < -0.39 is 0 Å². The summed E-state index contributed by atoms with van der Waals surface area (Å²) in [5.74, 6) is -0.0884. The lowest BCUT2D eigenvalue weighted by Gasteiger charge is -2.03. The third-order valence-corrected chi connectivity index (χ3v) is 3.77. The van der Waals surface area contributed by atoms with Crippen molar-refractivity contribution >= 4 is 35.2 Å². The average Bonchev–Trinajstić information content (AvgIpc) is 2.45. The second kappa shape index (κ2) is 10.7. The van der Waals surface area contributed by atoms with E-state index in [0.717, 1.165) is 18.5 Å². The molecule has 0 atom stereocenters. The highest BCUT2D eigenvalue weighted by molar-refractivity contribution is 6.35. The van der Waals surface area contributed by atoms with Crippen LogP contribution in [0, 0.1) is 0 Å². The van der Waals surface area contributed by atoms with Gasteiger partial charge in [0, 0.05) is 22.7 Å². The molecular weight excluding hydrogens is 305 g/mol. The molecule has 4 heteroatoms. The second-order valence-electron chi connectivity index (χ2n) is 5.06. The van der Waals surface area contributed by atoms with E-state index in [0.29, 0.717) is 10.0 Å². The minimum Gasteiger partial charge on any atom is -0.353 e. The maximum atomic E-state index is 11.7. The molecule has 0 spiro atoms. The van der Waals surface area contributed by atoms with Gasteiger partial charge in [-0.3, -0.25) is 4.79 Å². The first kappa shape index (κ1) is 18.1. The highest BCUT2D eigenvalue weighted by Gasteiger charge is 1.99. The molecule has 0 aliphatic carbocycles. The van der Waals surface area contributed by atoms with Gasteiger partial charge in [0.2, 0.25) is 5.91 Å². The Balaban J connectivity index is 2.22. The lowest BCUT2D eigenvalue weighted by atomic mass is 10.1. The van der Waals surface area contributed by atoms with Gasteiger partial charge < -0.3 is 5.32 Å². The van der Waals surface area contributed by atoms with Crippen LogP contribution in [0.5, 0.6) is 0 Å². The fraction of sp³-hybridized carbons (Fsp3) is 0.471. The third-order valence-electron chi connectivity index (χ3n) is 3.21. The van der Waals surface area contributed by atoms with E-state index in [1.807, 2.05) is 0 Å². The molecule has 0 aliphatic rings. The highest BCUT2D eigenvalue weighted by atomic mass is 35.5. The average molecular weight is 328 g/mol. The lowest BCUT2D eigenvalue weighted by molar-refractivity contribution is -0.116. The Morgan fingerprint density at radius 3 is 2.57 bits per heavy atom. The van der Waals surface area contributed by atoms with Crippen molar-refractivity contribution in [2.75, 3.05) is 6.54 Å². The molecule has 1 aromatic carbocycles. The number of carbonyl (C=O) groups is 1. The van der Waals surface area contributed by atoms with E-state index in [2.05, 4.69) is 12.2 Å². The molecule has 0 bridgehead atoms. The number of unbranched alkanes of at least 4 members (excludes halogenated alkanes) is 5. The normalized spacial score (nSPS) is 11.0. The Morgan fingerprint density at radius 2 is 1.86 bits per heavy atom. The van der Waals surface area contributed by atoms with Crippen molar-refractivity contribution in [1.82, 2.24) is 5.32 Å². The Bertz CT molecular complexity index is 472. The summed E-state index contributed by atoms with van der Waals surface area (Å²) in [5.41, 5.74) is 0.788. The molecule has 0 fully saturated rings. The monoisotopic (exact) mass is 327 g/mol. The van der Waals surface area contributed by atoms with Crippen LogP contribution < -0.4 is 5.32 Å². The van der Waals surface area contributed by atoms with Gasteiger partial charge in [-0.25, -0.2) is 0 Å². The third kappa shape index (κ3) is 8.13. The quantitative estimate of drug-likeness (QED) is 0.472. The van der Waals surface area contributed by atoms with E-state index in [1.54, 1.807) is 24.3 Å². The number of hydrogen-bond acceptors (Lipinski definition) is 1. The molecule has 1 aromatic rings. The molecule has 0 radical (unpaired) electrons. The summed E-state index contributed by atoms with van der Waals surface area (Å²) in [5, 5.41) is 4.01. The Kier molecular flexibility index (Phi) is 9.20. The van der Waals surface area contributed by atoms with Crippen LogP contribution in [0.4, 0.5) is 0 Å². The number of nitrogens with one attached hydrogen (secondary N) is 1. The maximum Gasteiger partial charge on any atom is 0.243 e. The van der Waals surface area contributed by atoms with Crippen molar-refractivity contribution in [3.63, 3.8) is 0 Å². The number of carbonyl (C=O) groups excluding carboxylic acids is 1. The van der Waals surface area contributed by atoms with Gasteiger partial charge in [0.05, 0.1) is 0 Å². The number of rotatable bonds is 9.